The largest absolute Gasteiger partial charge is 0.384 e. The Morgan fingerprint density at radius 1 is 1.41 bits per heavy atom. The van der Waals surface area contributed by atoms with Gasteiger partial charge < -0.3 is 5.73 Å². The molecule has 0 amide bonds. The van der Waals surface area contributed by atoms with Crippen molar-refractivity contribution < 1.29 is 4.79 Å². The number of hydrogen-bond donors (Lipinski definition) is 1. The van der Waals surface area contributed by atoms with Crippen LogP contribution in [-0.2, 0) is 4.79 Å². The zero-order valence-corrected chi connectivity index (χ0v) is 18.1. The van der Waals surface area contributed by atoms with E-state index in [4.69, 9.17) is 17.3 Å². The Morgan fingerprint density at radius 2 is 2.24 bits per heavy atom. The maximum atomic E-state index is 13.0. The van der Waals surface area contributed by atoms with E-state index in [-0.39, 0.29) is 5.78 Å². The summed E-state index contributed by atoms with van der Waals surface area (Å²) in [6.45, 7) is 2.05. The number of anilines is 1. The number of ketones is 1. The van der Waals surface area contributed by atoms with Gasteiger partial charge in [-0.15, -0.1) is 10.2 Å². The van der Waals surface area contributed by atoms with Gasteiger partial charge in [0, 0.05) is 22.7 Å². The topological polar surface area (TPSA) is 95.9 Å². The van der Waals surface area contributed by atoms with Crippen molar-refractivity contribution in [1.29, 1.82) is 5.26 Å². The summed E-state index contributed by atoms with van der Waals surface area (Å²) in [6.07, 6.45) is 1.88. The van der Waals surface area contributed by atoms with E-state index in [2.05, 4.69) is 16.3 Å². The zero-order chi connectivity index (χ0) is 20.5. The van der Waals surface area contributed by atoms with Gasteiger partial charge in [0.1, 0.15) is 5.82 Å². The smallest absolute Gasteiger partial charge is 0.219 e. The second-order valence-electron chi connectivity index (χ2n) is 6.65. The van der Waals surface area contributed by atoms with Gasteiger partial charge in [-0.25, -0.2) is 0 Å². The Labute approximate surface area is 182 Å². The lowest BCUT2D eigenvalue weighted by atomic mass is 9.76. The number of aromatic nitrogens is 2. The third kappa shape index (κ3) is 3.54. The van der Waals surface area contributed by atoms with Gasteiger partial charge >= 0.3 is 0 Å². The zero-order valence-electron chi connectivity index (χ0n) is 15.7. The Hall–Kier alpha value is -2.34. The molecule has 1 atom stereocenters. The Bertz CT molecular complexity index is 1080. The maximum absolute atomic E-state index is 13.0. The van der Waals surface area contributed by atoms with E-state index in [1.165, 1.54) is 11.3 Å². The van der Waals surface area contributed by atoms with Gasteiger partial charge in [0.05, 0.1) is 17.6 Å². The van der Waals surface area contributed by atoms with E-state index in [1.807, 2.05) is 19.1 Å². The summed E-state index contributed by atoms with van der Waals surface area (Å²) in [6, 6.07) is 9.50. The van der Waals surface area contributed by atoms with E-state index < -0.39 is 5.92 Å². The first-order valence-electron chi connectivity index (χ1n) is 9.23. The Kier molecular flexibility index (Phi) is 5.63. The van der Waals surface area contributed by atoms with Crippen molar-refractivity contribution in [2.24, 2.45) is 5.73 Å². The molecule has 1 aliphatic carbocycles. The van der Waals surface area contributed by atoms with E-state index in [0.29, 0.717) is 40.0 Å². The molecule has 0 saturated carbocycles. The number of nitrogens with two attached hydrogens (primary N) is 1. The van der Waals surface area contributed by atoms with Crippen LogP contribution in [0, 0.1) is 11.3 Å². The lowest BCUT2D eigenvalue weighted by Gasteiger charge is -2.38. The fourth-order valence-electron chi connectivity index (χ4n) is 3.80. The molecule has 0 saturated heterocycles. The van der Waals surface area contributed by atoms with Crippen LogP contribution in [0.5, 0.6) is 0 Å². The molecule has 2 heterocycles. The molecule has 1 aromatic carbocycles. The number of nitrogens with zero attached hydrogens (tertiary/aromatic N) is 4. The van der Waals surface area contributed by atoms with Crippen LogP contribution >= 0.6 is 34.7 Å². The van der Waals surface area contributed by atoms with Crippen LogP contribution in [0.1, 0.15) is 37.7 Å². The Morgan fingerprint density at radius 3 is 2.97 bits per heavy atom. The van der Waals surface area contributed by atoms with Gasteiger partial charge in [0.2, 0.25) is 5.13 Å². The lowest BCUT2D eigenvalue weighted by molar-refractivity contribution is -0.116. The van der Waals surface area contributed by atoms with Crippen molar-refractivity contribution in [3.8, 4) is 6.07 Å². The number of hydrogen-bond acceptors (Lipinski definition) is 8. The van der Waals surface area contributed by atoms with Gasteiger partial charge in [0.25, 0.3) is 0 Å². The first-order chi connectivity index (χ1) is 14.0. The number of carbonyl (C=O) groups is 1. The first-order valence-corrected chi connectivity index (χ1v) is 11.4. The van der Waals surface area contributed by atoms with Crippen molar-refractivity contribution in [3.05, 3.63) is 57.5 Å². The molecule has 0 fully saturated rings. The van der Waals surface area contributed by atoms with E-state index in [9.17, 15) is 10.1 Å². The number of Topliss-reactive ketones (excluding diaryl/α,β-unsaturated/α-hetero) is 1. The highest BCUT2D eigenvalue weighted by molar-refractivity contribution is 8.01. The third-order valence-corrected chi connectivity index (χ3v) is 7.11. The number of nitriles is 1. The van der Waals surface area contributed by atoms with Gasteiger partial charge in [-0.1, -0.05) is 53.8 Å². The molecule has 6 nitrogen and oxygen atoms in total. The highest BCUT2D eigenvalue weighted by atomic mass is 35.5. The van der Waals surface area contributed by atoms with E-state index in [0.717, 1.165) is 27.8 Å². The summed E-state index contributed by atoms with van der Waals surface area (Å²) in [7, 11) is 0. The molecule has 0 radical (unpaired) electrons. The van der Waals surface area contributed by atoms with Crippen molar-refractivity contribution in [1.82, 2.24) is 10.2 Å². The standard InChI is InChI=1S/C20H18ClN5OS2/c1-2-28-20-25-24-19(29-20)26-14-7-4-8-15(27)17(14)16(13(10-22)18(26)23)11-5-3-6-12(21)9-11/h3,5-6,9,16H,2,4,7-8,23H2,1H3. The summed E-state index contributed by atoms with van der Waals surface area (Å²) in [5.74, 6) is 0.701. The molecule has 4 rings (SSSR count). The third-order valence-electron chi connectivity index (χ3n) is 4.95. The van der Waals surface area contributed by atoms with Crippen LogP contribution in [0.15, 0.2) is 51.3 Å². The molecule has 2 N–H and O–H groups in total. The van der Waals surface area contributed by atoms with Gasteiger partial charge in [-0.3, -0.25) is 9.69 Å². The maximum Gasteiger partial charge on any atom is 0.219 e. The summed E-state index contributed by atoms with van der Waals surface area (Å²) in [5, 5.41) is 19.6. The molecule has 2 aliphatic rings. The number of benzene rings is 1. The van der Waals surface area contributed by atoms with Gasteiger partial charge in [-0.05, 0) is 36.3 Å². The van der Waals surface area contributed by atoms with Crippen molar-refractivity contribution >= 4 is 45.6 Å². The van der Waals surface area contributed by atoms with Crippen LogP contribution in [0.3, 0.4) is 0 Å². The second kappa shape index (κ2) is 8.19. The summed E-state index contributed by atoms with van der Waals surface area (Å²) >= 11 is 9.21. The molecular weight excluding hydrogens is 426 g/mol. The minimum Gasteiger partial charge on any atom is -0.384 e. The van der Waals surface area contributed by atoms with Crippen molar-refractivity contribution in [2.75, 3.05) is 10.7 Å². The monoisotopic (exact) mass is 443 g/mol. The molecule has 1 aromatic heterocycles. The molecule has 2 aromatic rings. The summed E-state index contributed by atoms with van der Waals surface area (Å²) in [4.78, 5) is 14.8. The number of halogens is 1. The van der Waals surface area contributed by atoms with Crippen molar-refractivity contribution in [3.63, 3.8) is 0 Å². The Balaban J connectivity index is 1.91. The molecular formula is C20H18ClN5OS2. The molecule has 29 heavy (non-hydrogen) atoms. The van der Waals surface area contributed by atoms with Crippen LogP contribution in [0.4, 0.5) is 5.13 Å². The molecule has 1 unspecified atom stereocenters. The van der Waals surface area contributed by atoms with Gasteiger partial charge in [0.15, 0.2) is 10.1 Å². The average molecular weight is 444 g/mol. The summed E-state index contributed by atoms with van der Waals surface area (Å²) in [5.41, 5.74) is 9.06. The van der Waals surface area contributed by atoms with Crippen LogP contribution < -0.4 is 10.6 Å². The molecule has 0 bridgehead atoms. The van der Waals surface area contributed by atoms with Crippen molar-refractivity contribution in [2.45, 2.75) is 36.4 Å². The average Bonchev–Trinajstić information content (AvgIpc) is 3.15. The second-order valence-corrected chi connectivity index (χ2v) is 9.56. The molecule has 148 valence electrons. The predicted molar refractivity (Wildman–Crippen MR) is 116 cm³/mol. The molecule has 1 aliphatic heterocycles. The fraction of sp³-hybridized carbons (Fsp3) is 0.300. The predicted octanol–water partition coefficient (Wildman–Crippen LogP) is 4.61. The molecule has 0 spiro atoms. The SMILES string of the molecule is CCSc1nnc(N2C(N)=C(C#N)C(c3cccc(Cl)c3)C3=C2CCCC3=O)s1. The highest BCUT2D eigenvalue weighted by Crippen LogP contribution is 2.47. The fourth-order valence-corrected chi connectivity index (χ4v) is 5.78. The van der Waals surface area contributed by atoms with Crippen LogP contribution in [-0.4, -0.2) is 21.7 Å². The highest BCUT2D eigenvalue weighted by Gasteiger charge is 2.41. The van der Waals surface area contributed by atoms with E-state index >= 15 is 0 Å². The van der Waals surface area contributed by atoms with E-state index in [1.54, 1.807) is 28.8 Å². The number of allylic oxidation sites excluding steroid dienone is 3. The number of rotatable bonds is 4. The summed E-state index contributed by atoms with van der Waals surface area (Å²) < 4.78 is 0.829. The van der Waals surface area contributed by atoms with Gasteiger partial charge in [-0.2, -0.15) is 5.26 Å². The normalized spacial score (nSPS) is 19.4. The quantitative estimate of drug-likeness (QED) is 0.689. The number of thioether (sulfide) groups is 1. The number of carbonyl (C=O) groups excluding carboxylic acids is 1. The van der Waals surface area contributed by atoms with Crippen LogP contribution in [0.2, 0.25) is 5.02 Å². The molecule has 9 heteroatoms. The minimum atomic E-state index is -0.518. The minimum absolute atomic E-state index is 0.0362. The van der Waals surface area contributed by atoms with Crippen LogP contribution in [0.25, 0.3) is 0 Å². The first kappa shape index (κ1) is 20.0. The lowest BCUT2D eigenvalue weighted by Crippen LogP contribution is -2.38.